The number of morpholine rings is 1. The fraction of sp³-hybridized carbons (Fsp3) is 0.484. The number of nitrogens with zero attached hydrogens (tertiary/aromatic N) is 5. The third-order valence-electron chi connectivity index (χ3n) is 8.04. The number of hydrogen-bond acceptors (Lipinski definition) is 7. The molecule has 0 unspecified atom stereocenters. The van der Waals surface area contributed by atoms with Crippen LogP contribution in [0.15, 0.2) is 54.6 Å². The Balaban J connectivity index is 1.21. The first-order chi connectivity index (χ1) is 18.8. The first kappa shape index (κ1) is 25.3. The molecule has 0 saturated carbocycles. The normalized spacial score (nSPS) is 18.5. The van der Waals surface area contributed by atoms with E-state index in [1.54, 1.807) is 0 Å². The maximum atomic E-state index is 5.52. The second kappa shape index (κ2) is 12.2. The Morgan fingerprint density at radius 1 is 0.816 bits per heavy atom. The molecule has 2 fully saturated rings. The van der Waals surface area contributed by atoms with E-state index in [-0.39, 0.29) is 0 Å². The fourth-order valence-electron chi connectivity index (χ4n) is 5.90. The summed E-state index contributed by atoms with van der Waals surface area (Å²) in [4.78, 5) is 17.7. The average Bonchev–Trinajstić information content (AvgIpc) is 3.50. The summed E-state index contributed by atoms with van der Waals surface area (Å²) in [5.41, 5.74) is 6.12. The quantitative estimate of drug-likeness (QED) is 0.426. The van der Waals surface area contributed by atoms with E-state index in [1.165, 1.54) is 49.3 Å². The Hall–Kier alpha value is -3.00. The Morgan fingerprint density at radius 2 is 1.61 bits per heavy atom. The highest BCUT2D eigenvalue weighted by atomic mass is 16.5. The van der Waals surface area contributed by atoms with E-state index >= 15 is 0 Å². The van der Waals surface area contributed by atoms with E-state index in [9.17, 15) is 0 Å². The van der Waals surface area contributed by atoms with Gasteiger partial charge in [-0.3, -0.25) is 4.90 Å². The van der Waals surface area contributed by atoms with Crippen molar-refractivity contribution in [1.29, 1.82) is 0 Å². The van der Waals surface area contributed by atoms with Crippen molar-refractivity contribution in [3.05, 3.63) is 71.4 Å². The SMILES string of the molecule is c1ccc(CN2CCc3c(nc(-c4ccc(N5CCOCC5)cc4)nc3NCCCN3CCCC3)C2)cc1. The van der Waals surface area contributed by atoms with E-state index in [1.807, 2.05) is 0 Å². The van der Waals surface area contributed by atoms with Gasteiger partial charge in [-0.2, -0.15) is 0 Å². The molecule has 1 aromatic heterocycles. The highest BCUT2D eigenvalue weighted by Crippen LogP contribution is 2.29. The Labute approximate surface area is 226 Å². The van der Waals surface area contributed by atoms with E-state index < -0.39 is 0 Å². The largest absolute Gasteiger partial charge is 0.378 e. The van der Waals surface area contributed by atoms with Crippen LogP contribution in [0.4, 0.5) is 11.5 Å². The van der Waals surface area contributed by atoms with Gasteiger partial charge < -0.3 is 19.9 Å². The summed E-state index contributed by atoms with van der Waals surface area (Å²) in [6.45, 7) is 10.9. The first-order valence-corrected chi connectivity index (χ1v) is 14.4. The standard InChI is InChI=1S/C31H40N6O/c1-2-7-25(8-3-1)23-36-18-13-28-29(24-36)33-30(34-31(28)32-14-6-17-35-15-4-5-16-35)26-9-11-27(12-10-26)37-19-21-38-22-20-37/h1-3,7-12H,4-6,13-24H2,(H,32,33,34). The highest BCUT2D eigenvalue weighted by molar-refractivity contribution is 5.63. The van der Waals surface area contributed by atoms with Crippen LogP contribution in [0, 0.1) is 0 Å². The summed E-state index contributed by atoms with van der Waals surface area (Å²) < 4.78 is 5.52. The minimum absolute atomic E-state index is 0.794. The van der Waals surface area contributed by atoms with Crippen LogP contribution in [-0.2, 0) is 24.2 Å². The molecular formula is C31H40N6O. The van der Waals surface area contributed by atoms with Crippen LogP contribution >= 0.6 is 0 Å². The molecular weight excluding hydrogens is 472 g/mol. The molecule has 0 atom stereocenters. The molecule has 2 saturated heterocycles. The fourth-order valence-corrected chi connectivity index (χ4v) is 5.90. The van der Waals surface area contributed by atoms with Crippen molar-refractivity contribution < 1.29 is 4.74 Å². The number of nitrogens with one attached hydrogen (secondary N) is 1. The van der Waals surface area contributed by atoms with Crippen LogP contribution < -0.4 is 10.2 Å². The van der Waals surface area contributed by atoms with Gasteiger partial charge in [0.25, 0.3) is 0 Å². The molecule has 1 N–H and O–H groups in total. The van der Waals surface area contributed by atoms with Gasteiger partial charge >= 0.3 is 0 Å². The topological polar surface area (TPSA) is 56.8 Å². The molecule has 3 aliphatic rings. The molecule has 0 bridgehead atoms. The molecule has 200 valence electrons. The molecule has 4 heterocycles. The van der Waals surface area contributed by atoms with Gasteiger partial charge in [-0.15, -0.1) is 0 Å². The number of benzene rings is 2. The average molecular weight is 513 g/mol. The van der Waals surface area contributed by atoms with Gasteiger partial charge in [-0.25, -0.2) is 9.97 Å². The van der Waals surface area contributed by atoms with Crippen LogP contribution in [0.3, 0.4) is 0 Å². The van der Waals surface area contributed by atoms with Crippen molar-refractivity contribution >= 4 is 11.5 Å². The molecule has 38 heavy (non-hydrogen) atoms. The Kier molecular flexibility index (Phi) is 8.15. The molecule has 0 radical (unpaired) electrons. The zero-order valence-corrected chi connectivity index (χ0v) is 22.4. The Bertz CT molecular complexity index is 1170. The van der Waals surface area contributed by atoms with Gasteiger partial charge in [0, 0.05) is 56.1 Å². The second-order valence-electron chi connectivity index (χ2n) is 10.7. The third kappa shape index (κ3) is 6.17. The number of anilines is 2. The van der Waals surface area contributed by atoms with Gasteiger partial charge in [0.05, 0.1) is 18.9 Å². The van der Waals surface area contributed by atoms with Crippen LogP contribution in [0.5, 0.6) is 0 Å². The van der Waals surface area contributed by atoms with Crippen LogP contribution in [0.2, 0.25) is 0 Å². The van der Waals surface area contributed by atoms with Gasteiger partial charge in [0.15, 0.2) is 5.82 Å². The molecule has 3 aromatic rings. The highest BCUT2D eigenvalue weighted by Gasteiger charge is 2.23. The van der Waals surface area contributed by atoms with Crippen LogP contribution in [0.25, 0.3) is 11.4 Å². The number of ether oxygens (including phenoxy) is 1. The third-order valence-corrected chi connectivity index (χ3v) is 8.04. The molecule has 3 aliphatic heterocycles. The van der Waals surface area contributed by atoms with E-state index in [4.69, 9.17) is 14.7 Å². The van der Waals surface area contributed by atoms with Crippen molar-refractivity contribution in [2.24, 2.45) is 0 Å². The number of likely N-dealkylation sites (tertiary alicyclic amines) is 1. The number of rotatable bonds is 9. The van der Waals surface area contributed by atoms with Gasteiger partial charge in [0.1, 0.15) is 5.82 Å². The number of aromatic nitrogens is 2. The maximum absolute atomic E-state index is 5.52. The summed E-state index contributed by atoms with van der Waals surface area (Å²) in [6, 6.07) is 19.5. The monoisotopic (exact) mass is 512 g/mol. The minimum Gasteiger partial charge on any atom is -0.378 e. The predicted octanol–water partition coefficient (Wildman–Crippen LogP) is 4.44. The summed E-state index contributed by atoms with van der Waals surface area (Å²) in [5.74, 6) is 1.85. The van der Waals surface area contributed by atoms with Gasteiger partial charge in [0.2, 0.25) is 0 Å². The lowest BCUT2D eigenvalue weighted by Crippen LogP contribution is -2.36. The summed E-state index contributed by atoms with van der Waals surface area (Å²) in [6.07, 6.45) is 4.81. The second-order valence-corrected chi connectivity index (χ2v) is 10.7. The lowest BCUT2D eigenvalue weighted by Gasteiger charge is -2.30. The molecule has 0 spiro atoms. The zero-order valence-electron chi connectivity index (χ0n) is 22.4. The molecule has 7 nitrogen and oxygen atoms in total. The molecule has 2 aromatic carbocycles. The summed E-state index contributed by atoms with van der Waals surface area (Å²) >= 11 is 0. The predicted molar refractivity (Wildman–Crippen MR) is 154 cm³/mol. The van der Waals surface area contributed by atoms with E-state index in [0.717, 1.165) is 88.2 Å². The first-order valence-electron chi connectivity index (χ1n) is 14.4. The number of hydrogen-bond donors (Lipinski definition) is 1. The van der Waals surface area contributed by atoms with Gasteiger partial charge in [-0.1, -0.05) is 30.3 Å². The van der Waals surface area contributed by atoms with E-state index in [2.05, 4.69) is 74.6 Å². The molecule has 0 aliphatic carbocycles. The van der Waals surface area contributed by atoms with Crippen molar-refractivity contribution in [3.63, 3.8) is 0 Å². The Morgan fingerprint density at radius 3 is 2.39 bits per heavy atom. The van der Waals surface area contributed by atoms with Gasteiger partial charge in [-0.05, 0) is 75.1 Å². The lowest BCUT2D eigenvalue weighted by atomic mass is 10.0. The van der Waals surface area contributed by atoms with E-state index in [0.29, 0.717) is 0 Å². The molecule has 7 heteroatoms. The smallest absolute Gasteiger partial charge is 0.161 e. The van der Waals surface area contributed by atoms with Crippen molar-refractivity contribution in [2.75, 3.05) is 69.2 Å². The summed E-state index contributed by atoms with van der Waals surface area (Å²) in [5, 5.41) is 3.72. The van der Waals surface area contributed by atoms with Crippen LogP contribution in [0.1, 0.15) is 36.1 Å². The maximum Gasteiger partial charge on any atom is 0.161 e. The minimum atomic E-state index is 0.794. The lowest BCUT2D eigenvalue weighted by molar-refractivity contribution is 0.122. The van der Waals surface area contributed by atoms with Crippen LogP contribution in [-0.4, -0.2) is 78.8 Å². The van der Waals surface area contributed by atoms with Crippen molar-refractivity contribution in [1.82, 2.24) is 19.8 Å². The van der Waals surface area contributed by atoms with Crippen molar-refractivity contribution in [3.8, 4) is 11.4 Å². The molecule has 6 rings (SSSR count). The molecule has 0 amide bonds. The number of fused-ring (bicyclic) bond motifs is 1. The van der Waals surface area contributed by atoms with Crippen molar-refractivity contribution in [2.45, 2.75) is 38.8 Å². The zero-order chi connectivity index (χ0) is 25.6. The summed E-state index contributed by atoms with van der Waals surface area (Å²) in [7, 11) is 0.